The molecule has 0 aliphatic carbocycles. The number of aromatic nitrogens is 2. The van der Waals surface area contributed by atoms with Crippen LogP contribution < -0.4 is 0 Å². The van der Waals surface area contributed by atoms with Crippen LogP contribution in [0.15, 0.2) is 48.9 Å². The van der Waals surface area contributed by atoms with Crippen molar-refractivity contribution < 1.29 is 9.47 Å². The second kappa shape index (κ2) is 8.91. The number of nitrogens with zero attached hydrogens (tertiary/aromatic N) is 3. The molecule has 5 heteroatoms. The van der Waals surface area contributed by atoms with Gasteiger partial charge in [0.15, 0.2) is 0 Å². The zero-order valence-electron chi connectivity index (χ0n) is 15.9. The van der Waals surface area contributed by atoms with Gasteiger partial charge in [-0.25, -0.2) is 0 Å². The molecular weight excluding hydrogens is 338 g/mol. The Morgan fingerprint density at radius 1 is 1.15 bits per heavy atom. The van der Waals surface area contributed by atoms with Gasteiger partial charge in [-0.2, -0.15) is 0 Å². The molecule has 0 radical (unpaired) electrons. The average Bonchev–Trinajstić information content (AvgIpc) is 3.11. The smallest absolute Gasteiger partial charge is 0.0736 e. The summed E-state index contributed by atoms with van der Waals surface area (Å²) >= 11 is 0. The molecule has 2 aliphatic rings. The normalized spacial score (nSPS) is 22.3. The third kappa shape index (κ3) is 4.72. The first-order valence-electron chi connectivity index (χ1n) is 10.1. The van der Waals surface area contributed by atoms with Crippen molar-refractivity contribution in [2.45, 2.75) is 44.4 Å². The van der Waals surface area contributed by atoms with E-state index in [9.17, 15) is 0 Å². The van der Waals surface area contributed by atoms with Crippen LogP contribution in [-0.4, -0.2) is 46.8 Å². The molecule has 4 heterocycles. The minimum Gasteiger partial charge on any atom is -0.377 e. The van der Waals surface area contributed by atoms with Crippen LogP contribution in [0, 0.1) is 5.92 Å². The highest BCUT2D eigenvalue weighted by molar-refractivity contribution is 5.07. The van der Waals surface area contributed by atoms with E-state index in [4.69, 9.17) is 9.47 Å². The molecule has 27 heavy (non-hydrogen) atoms. The fraction of sp³-hybridized carbons (Fsp3) is 0.545. The zero-order valence-corrected chi connectivity index (χ0v) is 15.9. The minimum atomic E-state index is 0.0677. The molecule has 2 fully saturated rings. The number of hydrogen-bond donors (Lipinski definition) is 0. The highest BCUT2D eigenvalue weighted by Crippen LogP contribution is 2.42. The Morgan fingerprint density at radius 3 is 2.85 bits per heavy atom. The molecular formula is C22H29N3O2. The molecule has 0 amide bonds. The summed E-state index contributed by atoms with van der Waals surface area (Å²) in [5, 5.41) is 0. The van der Waals surface area contributed by atoms with E-state index in [1.54, 1.807) is 6.20 Å². The summed E-state index contributed by atoms with van der Waals surface area (Å²) in [6, 6.07) is 10.2. The summed E-state index contributed by atoms with van der Waals surface area (Å²) in [7, 11) is 0. The van der Waals surface area contributed by atoms with Crippen molar-refractivity contribution >= 4 is 0 Å². The van der Waals surface area contributed by atoms with Gasteiger partial charge in [-0.15, -0.1) is 0 Å². The summed E-state index contributed by atoms with van der Waals surface area (Å²) in [5.41, 5.74) is 2.36. The molecule has 5 nitrogen and oxygen atoms in total. The van der Waals surface area contributed by atoms with Gasteiger partial charge in [-0.1, -0.05) is 12.1 Å². The fourth-order valence-electron chi connectivity index (χ4n) is 4.45. The molecule has 1 unspecified atom stereocenters. The first-order chi connectivity index (χ1) is 13.3. The van der Waals surface area contributed by atoms with Gasteiger partial charge in [-0.3, -0.25) is 14.9 Å². The Labute approximate surface area is 161 Å². The number of pyridine rings is 2. The average molecular weight is 367 g/mol. The highest BCUT2D eigenvalue weighted by Gasteiger charge is 2.45. The first kappa shape index (κ1) is 18.5. The summed E-state index contributed by atoms with van der Waals surface area (Å²) in [6.07, 6.45) is 10.0. The second-order valence-electron chi connectivity index (χ2n) is 7.70. The lowest BCUT2D eigenvalue weighted by Crippen LogP contribution is -2.47. The van der Waals surface area contributed by atoms with Crippen molar-refractivity contribution in [2.24, 2.45) is 5.92 Å². The molecule has 1 atom stereocenters. The third-order valence-electron chi connectivity index (χ3n) is 6.02. The van der Waals surface area contributed by atoms with Crippen LogP contribution in [0.3, 0.4) is 0 Å². The van der Waals surface area contributed by atoms with E-state index in [1.165, 1.54) is 0 Å². The number of likely N-dealkylation sites (tertiary alicyclic amines) is 1. The Hall–Kier alpha value is -1.82. The zero-order chi connectivity index (χ0) is 18.4. The van der Waals surface area contributed by atoms with Gasteiger partial charge in [0.25, 0.3) is 0 Å². The summed E-state index contributed by atoms with van der Waals surface area (Å²) in [6.45, 7) is 5.45. The number of rotatable bonds is 7. The third-order valence-corrected chi connectivity index (χ3v) is 6.02. The molecule has 4 rings (SSSR count). The second-order valence-corrected chi connectivity index (χ2v) is 7.70. The first-order valence-corrected chi connectivity index (χ1v) is 10.1. The summed E-state index contributed by atoms with van der Waals surface area (Å²) in [4.78, 5) is 11.1. The molecule has 2 aromatic heterocycles. The van der Waals surface area contributed by atoms with Crippen LogP contribution in [0.1, 0.15) is 36.9 Å². The van der Waals surface area contributed by atoms with Crippen molar-refractivity contribution in [3.05, 3.63) is 60.2 Å². The minimum absolute atomic E-state index is 0.0677. The number of ether oxygens (including phenoxy) is 2. The van der Waals surface area contributed by atoms with E-state index in [-0.39, 0.29) is 5.60 Å². The predicted molar refractivity (Wildman–Crippen MR) is 104 cm³/mol. The van der Waals surface area contributed by atoms with E-state index >= 15 is 0 Å². The SMILES string of the molecule is c1ccc(CN2CCC3(CC2)OCCC3CCOCc2cccnc2)nc1. The monoisotopic (exact) mass is 367 g/mol. The molecule has 0 saturated carbocycles. The van der Waals surface area contributed by atoms with Gasteiger partial charge >= 0.3 is 0 Å². The Balaban J connectivity index is 1.23. The molecule has 2 saturated heterocycles. The van der Waals surface area contributed by atoms with Crippen LogP contribution >= 0.6 is 0 Å². The van der Waals surface area contributed by atoms with Gasteiger partial charge in [0.05, 0.1) is 17.9 Å². The quantitative estimate of drug-likeness (QED) is 0.702. The van der Waals surface area contributed by atoms with Crippen LogP contribution in [0.2, 0.25) is 0 Å². The Bertz CT molecular complexity index is 687. The summed E-state index contributed by atoms with van der Waals surface area (Å²) in [5.74, 6) is 0.614. The van der Waals surface area contributed by atoms with Crippen molar-refractivity contribution in [3.8, 4) is 0 Å². The van der Waals surface area contributed by atoms with Gasteiger partial charge < -0.3 is 9.47 Å². The van der Waals surface area contributed by atoms with Gasteiger partial charge in [0.1, 0.15) is 0 Å². The van der Waals surface area contributed by atoms with Crippen molar-refractivity contribution in [3.63, 3.8) is 0 Å². The maximum atomic E-state index is 6.30. The molecule has 0 bridgehead atoms. The molecule has 0 aromatic carbocycles. The van der Waals surface area contributed by atoms with Crippen LogP contribution in [0.4, 0.5) is 0 Å². The van der Waals surface area contributed by atoms with Crippen molar-refractivity contribution in [2.75, 3.05) is 26.3 Å². The van der Waals surface area contributed by atoms with Gasteiger partial charge in [0.2, 0.25) is 0 Å². The number of hydrogen-bond acceptors (Lipinski definition) is 5. The summed E-state index contributed by atoms with van der Waals surface area (Å²) < 4.78 is 12.2. The van der Waals surface area contributed by atoms with Crippen molar-refractivity contribution in [1.82, 2.24) is 14.9 Å². The fourth-order valence-corrected chi connectivity index (χ4v) is 4.45. The van der Waals surface area contributed by atoms with Gasteiger partial charge in [0, 0.05) is 51.4 Å². The lowest BCUT2D eigenvalue weighted by atomic mass is 9.78. The standard InChI is InChI=1S/C22H29N3O2/c1-2-11-24-21(5-1)17-25-12-8-22(9-13-25)20(7-15-27-22)6-14-26-18-19-4-3-10-23-16-19/h1-5,10-11,16,20H,6-9,12-15,17-18H2. The molecule has 0 N–H and O–H groups in total. The van der Waals surface area contributed by atoms with E-state index in [0.717, 1.165) is 69.8 Å². The highest BCUT2D eigenvalue weighted by atomic mass is 16.5. The van der Waals surface area contributed by atoms with E-state index in [2.05, 4.69) is 33.1 Å². The largest absolute Gasteiger partial charge is 0.377 e. The molecule has 144 valence electrons. The lowest BCUT2D eigenvalue weighted by molar-refractivity contribution is -0.0735. The molecule has 2 aliphatic heterocycles. The van der Waals surface area contributed by atoms with Crippen molar-refractivity contribution in [1.29, 1.82) is 0 Å². The van der Waals surface area contributed by atoms with Crippen LogP contribution in [0.5, 0.6) is 0 Å². The van der Waals surface area contributed by atoms with E-state index in [0.29, 0.717) is 12.5 Å². The Kier molecular flexibility index (Phi) is 6.12. The maximum Gasteiger partial charge on any atom is 0.0736 e. The Morgan fingerprint density at radius 2 is 2.07 bits per heavy atom. The number of piperidine rings is 1. The van der Waals surface area contributed by atoms with Gasteiger partial charge in [-0.05, 0) is 55.4 Å². The van der Waals surface area contributed by atoms with Crippen LogP contribution in [-0.2, 0) is 22.6 Å². The van der Waals surface area contributed by atoms with E-state index in [1.807, 2.05) is 24.5 Å². The van der Waals surface area contributed by atoms with Crippen LogP contribution in [0.25, 0.3) is 0 Å². The van der Waals surface area contributed by atoms with E-state index < -0.39 is 0 Å². The molecule has 2 aromatic rings. The lowest BCUT2D eigenvalue weighted by Gasteiger charge is -2.42. The predicted octanol–water partition coefficient (Wildman–Crippen LogP) is 3.45. The topological polar surface area (TPSA) is 47.5 Å². The maximum absolute atomic E-state index is 6.30. The molecule has 1 spiro atoms.